The Balaban J connectivity index is 1.56. The van der Waals surface area contributed by atoms with Gasteiger partial charge in [-0.1, -0.05) is 30.3 Å². The molecule has 0 atom stereocenters. The van der Waals surface area contributed by atoms with Crippen molar-refractivity contribution < 1.29 is 4.79 Å². The van der Waals surface area contributed by atoms with Crippen LogP contribution in [0.1, 0.15) is 25.7 Å². The highest BCUT2D eigenvalue weighted by Gasteiger charge is 2.23. The quantitative estimate of drug-likeness (QED) is 0.867. The number of nitrogens with zero attached hydrogens (tertiary/aromatic N) is 2. The molecule has 1 saturated heterocycles. The second-order valence-electron chi connectivity index (χ2n) is 5.90. The summed E-state index contributed by atoms with van der Waals surface area (Å²) in [5.41, 5.74) is 2.56. The van der Waals surface area contributed by atoms with Gasteiger partial charge in [0, 0.05) is 37.6 Å². The number of piperazine rings is 1. The highest BCUT2D eigenvalue weighted by molar-refractivity contribution is 7.14. The summed E-state index contributed by atoms with van der Waals surface area (Å²) >= 11 is 1.61. The smallest absolute Gasteiger partial charge is 0.264 e. The van der Waals surface area contributed by atoms with Crippen molar-refractivity contribution in [3.63, 3.8) is 0 Å². The predicted molar refractivity (Wildman–Crippen MR) is 91.4 cm³/mol. The van der Waals surface area contributed by atoms with Crippen LogP contribution in [0.4, 0.5) is 0 Å². The van der Waals surface area contributed by atoms with Crippen molar-refractivity contribution in [2.75, 3.05) is 26.2 Å². The Morgan fingerprint density at radius 2 is 1.77 bits per heavy atom. The van der Waals surface area contributed by atoms with Crippen molar-refractivity contribution in [3.8, 4) is 0 Å². The van der Waals surface area contributed by atoms with Crippen molar-refractivity contribution >= 4 is 17.2 Å². The van der Waals surface area contributed by atoms with Gasteiger partial charge in [0.25, 0.3) is 5.91 Å². The summed E-state index contributed by atoms with van der Waals surface area (Å²) in [6, 6.07) is 12.6. The van der Waals surface area contributed by atoms with Gasteiger partial charge in [-0.05, 0) is 31.0 Å². The van der Waals surface area contributed by atoms with Gasteiger partial charge in [-0.3, -0.25) is 9.69 Å². The summed E-state index contributed by atoms with van der Waals surface area (Å²) in [6.07, 6.45) is 0. The average Bonchev–Trinajstić information content (AvgIpc) is 2.88. The summed E-state index contributed by atoms with van der Waals surface area (Å²) in [4.78, 5) is 19.1. The van der Waals surface area contributed by atoms with E-state index in [4.69, 9.17) is 0 Å². The van der Waals surface area contributed by atoms with Crippen LogP contribution in [-0.2, 0) is 6.54 Å². The number of aryl methyl sites for hydroxylation is 2. The van der Waals surface area contributed by atoms with Crippen molar-refractivity contribution in [1.29, 1.82) is 0 Å². The van der Waals surface area contributed by atoms with Gasteiger partial charge in [-0.15, -0.1) is 11.3 Å². The first-order valence-electron chi connectivity index (χ1n) is 7.76. The van der Waals surface area contributed by atoms with E-state index < -0.39 is 0 Å². The number of hydrogen-bond acceptors (Lipinski definition) is 3. The Labute approximate surface area is 136 Å². The van der Waals surface area contributed by atoms with Crippen LogP contribution in [0.5, 0.6) is 0 Å². The molecule has 1 aromatic carbocycles. The Morgan fingerprint density at radius 1 is 1.09 bits per heavy atom. The summed E-state index contributed by atoms with van der Waals surface area (Å²) < 4.78 is 0. The van der Waals surface area contributed by atoms with Gasteiger partial charge >= 0.3 is 0 Å². The molecule has 3 rings (SSSR count). The minimum Gasteiger partial charge on any atom is -0.335 e. The number of carbonyl (C=O) groups is 1. The average molecular weight is 314 g/mol. The van der Waals surface area contributed by atoms with E-state index in [1.165, 1.54) is 16.0 Å². The number of hydrogen-bond donors (Lipinski definition) is 0. The largest absolute Gasteiger partial charge is 0.335 e. The molecule has 0 saturated carbocycles. The fourth-order valence-corrected chi connectivity index (χ4v) is 3.79. The molecule has 0 aliphatic carbocycles. The molecule has 0 bridgehead atoms. The Hall–Kier alpha value is -1.65. The molecule has 0 N–H and O–H groups in total. The van der Waals surface area contributed by atoms with Crippen LogP contribution >= 0.6 is 11.3 Å². The van der Waals surface area contributed by atoms with Crippen molar-refractivity contribution in [1.82, 2.24) is 9.80 Å². The van der Waals surface area contributed by atoms with E-state index >= 15 is 0 Å². The molecule has 4 heteroatoms. The minimum absolute atomic E-state index is 0.195. The van der Waals surface area contributed by atoms with E-state index in [-0.39, 0.29) is 5.91 Å². The molecule has 1 aromatic heterocycles. The molecule has 3 nitrogen and oxygen atoms in total. The van der Waals surface area contributed by atoms with E-state index in [1.807, 2.05) is 17.0 Å². The SMILES string of the molecule is Cc1cc(C(=O)N2CCN(Cc3ccccc3)CC2)sc1C. The molecule has 116 valence electrons. The lowest BCUT2D eigenvalue weighted by Gasteiger charge is -2.34. The van der Waals surface area contributed by atoms with Crippen LogP contribution < -0.4 is 0 Å². The first-order chi connectivity index (χ1) is 10.6. The van der Waals surface area contributed by atoms with Gasteiger partial charge < -0.3 is 4.90 Å². The molecule has 0 spiro atoms. The number of benzene rings is 1. The van der Waals surface area contributed by atoms with Gasteiger partial charge in [0.1, 0.15) is 0 Å². The second kappa shape index (κ2) is 6.63. The van der Waals surface area contributed by atoms with Gasteiger partial charge in [0.2, 0.25) is 0 Å². The lowest BCUT2D eigenvalue weighted by molar-refractivity contribution is 0.0633. The van der Waals surface area contributed by atoms with Crippen LogP contribution in [0.3, 0.4) is 0 Å². The topological polar surface area (TPSA) is 23.6 Å². The summed E-state index contributed by atoms with van der Waals surface area (Å²) in [5.74, 6) is 0.195. The zero-order valence-electron chi connectivity index (χ0n) is 13.2. The monoisotopic (exact) mass is 314 g/mol. The lowest BCUT2D eigenvalue weighted by atomic mass is 10.2. The van der Waals surface area contributed by atoms with Crippen molar-refractivity contribution in [2.24, 2.45) is 0 Å². The van der Waals surface area contributed by atoms with E-state index in [9.17, 15) is 4.79 Å². The Bertz CT molecular complexity index is 623. The second-order valence-corrected chi connectivity index (χ2v) is 7.16. The maximum Gasteiger partial charge on any atom is 0.264 e. The first kappa shape index (κ1) is 15.3. The summed E-state index contributed by atoms with van der Waals surface area (Å²) in [7, 11) is 0. The van der Waals surface area contributed by atoms with E-state index in [2.05, 4.69) is 43.0 Å². The molecule has 2 heterocycles. The molecular weight excluding hydrogens is 292 g/mol. The fourth-order valence-electron chi connectivity index (χ4n) is 2.79. The maximum atomic E-state index is 12.5. The minimum atomic E-state index is 0.195. The van der Waals surface area contributed by atoms with E-state index in [0.29, 0.717) is 0 Å². The highest BCUT2D eigenvalue weighted by Crippen LogP contribution is 2.22. The molecule has 22 heavy (non-hydrogen) atoms. The zero-order chi connectivity index (χ0) is 15.5. The first-order valence-corrected chi connectivity index (χ1v) is 8.58. The van der Waals surface area contributed by atoms with Crippen LogP contribution in [0.2, 0.25) is 0 Å². The van der Waals surface area contributed by atoms with Crippen LogP contribution in [0.25, 0.3) is 0 Å². The Kier molecular flexibility index (Phi) is 4.60. The maximum absolute atomic E-state index is 12.5. The Morgan fingerprint density at radius 3 is 2.36 bits per heavy atom. The highest BCUT2D eigenvalue weighted by atomic mass is 32.1. The normalized spacial score (nSPS) is 16.0. The molecule has 1 aliphatic heterocycles. The van der Waals surface area contributed by atoms with Gasteiger partial charge in [0.05, 0.1) is 4.88 Å². The lowest BCUT2D eigenvalue weighted by Crippen LogP contribution is -2.48. The third-order valence-electron chi connectivity index (χ3n) is 4.29. The van der Waals surface area contributed by atoms with Gasteiger partial charge in [-0.2, -0.15) is 0 Å². The molecule has 1 fully saturated rings. The van der Waals surface area contributed by atoms with Crippen LogP contribution in [-0.4, -0.2) is 41.9 Å². The summed E-state index contributed by atoms with van der Waals surface area (Å²) in [6.45, 7) is 8.66. The molecule has 2 aromatic rings. The number of rotatable bonds is 3. The molecular formula is C18H22N2OS. The van der Waals surface area contributed by atoms with Crippen LogP contribution in [0.15, 0.2) is 36.4 Å². The zero-order valence-corrected chi connectivity index (χ0v) is 14.0. The van der Waals surface area contributed by atoms with E-state index in [1.54, 1.807) is 11.3 Å². The molecule has 0 radical (unpaired) electrons. The van der Waals surface area contributed by atoms with Crippen molar-refractivity contribution in [2.45, 2.75) is 20.4 Å². The third-order valence-corrected chi connectivity index (χ3v) is 5.43. The molecule has 1 aliphatic rings. The van der Waals surface area contributed by atoms with Gasteiger partial charge in [-0.25, -0.2) is 0 Å². The third kappa shape index (κ3) is 3.39. The number of carbonyl (C=O) groups excluding carboxylic acids is 1. The fraction of sp³-hybridized carbons (Fsp3) is 0.389. The standard InChI is InChI=1S/C18H22N2OS/c1-14-12-17(22-15(14)2)18(21)20-10-8-19(9-11-20)13-16-6-4-3-5-7-16/h3-7,12H,8-11,13H2,1-2H3. The van der Waals surface area contributed by atoms with Crippen LogP contribution in [0, 0.1) is 13.8 Å². The number of thiophene rings is 1. The molecule has 1 amide bonds. The predicted octanol–water partition coefficient (Wildman–Crippen LogP) is 3.32. The summed E-state index contributed by atoms with van der Waals surface area (Å²) in [5, 5.41) is 0. The van der Waals surface area contributed by atoms with E-state index in [0.717, 1.165) is 37.6 Å². The van der Waals surface area contributed by atoms with Crippen molar-refractivity contribution in [3.05, 3.63) is 57.3 Å². The van der Waals surface area contributed by atoms with Gasteiger partial charge in [0.15, 0.2) is 0 Å². The molecule has 0 unspecified atom stereocenters. The number of amides is 1.